The number of aryl methyl sites for hydroxylation is 1. The lowest BCUT2D eigenvalue weighted by Crippen LogP contribution is -2.05. The van der Waals surface area contributed by atoms with Gasteiger partial charge in [0.05, 0.1) is 12.2 Å². The molecule has 0 aliphatic heterocycles. The fourth-order valence-corrected chi connectivity index (χ4v) is 2.20. The van der Waals surface area contributed by atoms with Gasteiger partial charge in [-0.2, -0.15) is 5.10 Å². The number of pyridine rings is 2. The first-order chi connectivity index (χ1) is 9.74. The van der Waals surface area contributed by atoms with E-state index in [1.165, 1.54) is 0 Å². The van der Waals surface area contributed by atoms with Crippen molar-refractivity contribution >= 4 is 12.2 Å². The molecule has 3 heterocycles. The molecule has 1 N–H and O–H groups in total. The predicted octanol–water partition coefficient (Wildman–Crippen LogP) is 2.75. The highest BCUT2D eigenvalue weighted by atomic mass is 32.1. The summed E-state index contributed by atoms with van der Waals surface area (Å²) in [5, 5.41) is 7.08. The molecule has 0 unspecified atom stereocenters. The largest absolute Gasteiger partial charge is 0.293 e. The first kappa shape index (κ1) is 12.7. The van der Waals surface area contributed by atoms with Gasteiger partial charge >= 0.3 is 0 Å². The average molecular weight is 283 g/mol. The van der Waals surface area contributed by atoms with Gasteiger partial charge in [-0.3, -0.25) is 19.6 Å². The van der Waals surface area contributed by atoms with Crippen molar-refractivity contribution in [2.75, 3.05) is 0 Å². The molecular weight excluding hydrogens is 270 g/mol. The van der Waals surface area contributed by atoms with Crippen LogP contribution in [0.5, 0.6) is 0 Å². The van der Waals surface area contributed by atoms with Crippen LogP contribution in [-0.4, -0.2) is 24.7 Å². The third kappa shape index (κ3) is 2.50. The Labute approximate surface area is 121 Å². The van der Waals surface area contributed by atoms with Crippen molar-refractivity contribution in [3.8, 4) is 11.5 Å². The molecule has 5 nitrogen and oxygen atoms in total. The van der Waals surface area contributed by atoms with Gasteiger partial charge in [0, 0.05) is 11.9 Å². The monoisotopic (exact) mass is 283 g/mol. The molecule has 0 saturated carbocycles. The van der Waals surface area contributed by atoms with Crippen LogP contribution in [0.1, 0.15) is 11.4 Å². The molecule has 0 atom stereocenters. The van der Waals surface area contributed by atoms with Crippen molar-refractivity contribution in [3.63, 3.8) is 0 Å². The van der Waals surface area contributed by atoms with Crippen LogP contribution in [0.4, 0.5) is 0 Å². The topological polar surface area (TPSA) is 59.4 Å². The van der Waals surface area contributed by atoms with Crippen molar-refractivity contribution in [1.29, 1.82) is 0 Å². The number of aromatic amines is 1. The molecule has 0 spiro atoms. The molecule has 3 aromatic heterocycles. The van der Waals surface area contributed by atoms with Crippen LogP contribution in [0.3, 0.4) is 0 Å². The van der Waals surface area contributed by atoms with E-state index in [9.17, 15) is 0 Å². The average Bonchev–Trinajstić information content (AvgIpc) is 2.81. The second-order valence-corrected chi connectivity index (χ2v) is 4.81. The molecule has 6 heteroatoms. The highest BCUT2D eigenvalue weighted by molar-refractivity contribution is 7.71. The summed E-state index contributed by atoms with van der Waals surface area (Å²) in [5.74, 6) is 0.721. The van der Waals surface area contributed by atoms with Gasteiger partial charge in [-0.25, -0.2) is 0 Å². The Morgan fingerprint density at radius 3 is 2.85 bits per heavy atom. The predicted molar refractivity (Wildman–Crippen MR) is 78.7 cm³/mol. The second-order valence-electron chi connectivity index (χ2n) is 4.42. The smallest absolute Gasteiger partial charge is 0.195 e. The summed E-state index contributed by atoms with van der Waals surface area (Å²) in [6.07, 6.45) is 1.74. The number of nitrogens with zero attached hydrogens (tertiary/aromatic N) is 4. The minimum absolute atomic E-state index is 0.564. The standard InChI is InChI=1S/C14H13N5S/c1-10-5-4-6-11(16-10)9-19-13(17-18-14(19)20)12-7-2-3-8-15-12/h2-8H,9H2,1H3,(H,18,20). The Kier molecular flexibility index (Phi) is 3.39. The third-order valence-electron chi connectivity index (χ3n) is 2.92. The van der Waals surface area contributed by atoms with Gasteiger partial charge in [-0.05, 0) is 43.4 Å². The summed E-state index contributed by atoms with van der Waals surface area (Å²) in [5.41, 5.74) is 2.71. The normalized spacial score (nSPS) is 10.7. The maximum atomic E-state index is 5.29. The fourth-order valence-electron chi connectivity index (χ4n) is 2.00. The maximum Gasteiger partial charge on any atom is 0.195 e. The first-order valence-corrected chi connectivity index (χ1v) is 6.64. The lowest BCUT2D eigenvalue weighted by Gasteiger charge is -2.06. The Bertz CT molecular complexity index is 776. The van der Waals surface area contributed by atoms with Crippen molar-refractivity contribution in [1.82, 2.24) is 24.7 Å². The molecule has 0 bridgehead atoms. The number of rotatable bonds is 3. The lowest BCUT2D eigenvalue weighted by atomic mass is 10.3. The van der Waals surface area contributed by atoms with Gasteiger partial charge in [0.15, 0.2) is 10.6 Å². The van der Waals surface area contributed by atoms with E-state index in [1.54, 1.807) is 6.20 Å². The zero-order valence-electron chi connectivity index (χ0n) is 10.9. The molecule has 3 aromatic rings. The molecular formula is C14H13N5S. The SMILES string of the molecule is Cc1cccc(Cn2c(-c3ccccn3)n[nH]c2=S)n1. The zero-order valence-corrected chi connectivity index (χ0v) is 11.8. The van der Waals surface area contributed by atoms with E-state index >= 15 is 0 Å². The van der Waals surface area contributed by atoms with E-state index in [0.29, 0.717) is 11.3 Å². The summed E-state index contributed by atoms with van der Waals surface area (Å²) in [7, 11) is 0. The molecule has 0 aromatic carbocycles. The molecule has 100 valence electrons. The van der Waals surface area contributed by atoms with E-state index in [2.05, 4.69) is 20.2 Å². The van der Waals surface area contributed by atoms with Gasteiger partial charge in [0.25, 0.3) is 0 Å². The Balaban J connectivity index is 2.02. The fraction of sp³-hybridized carbons (Fsp3) is 0.143. The van der Waals surface area contributed by atoms with Gasteiger partial charge in [0.1, 0.15) is 5.69 Å². The molecule has 0 aliphatic carbocycles. The lowest BCUT2D eigenvalue weighted by molar-refractivity contribution is 0.761. The molecule has 20 heavy (non-hydrogen) atoms. The van der Waals surface area contributed by atoms with E-state index in [4.69, 9.17) is 12.2 Å². The van der Waals surface area contributed by atoms with E-state index in [0.717, 1.165) is 22.9 Å². The molecule has 3 rings (SSSR count). The molecule has 0 aliphatic rings. The zero-order chi connectivity index (χ0) is 13.9. The van der Waals surface area contributed by atoms with Crippen LogP contribution in [0.15, 0.2) is 42.6 Å². The Hall–Kier alpha value is -2.34. The van der Waals surface area contributed by atoms with Crippen LogP contribution >= 0.6 is 12.2 Å². The van der Waals surface area contributed by atoms with Crippen LogP contribution in [0.2, 0.25) is 0 Å². The number of hydrogen-bond acceptors (Lipinski definition) is 4. The Morgan fingerprint density at radius 1 is 1.20 bits per heavy atom. The van der Waals surface area contributed by atoms with Crippen LogP contribution < -0.4 is 0 Å². The number of hydrogen-bond donors (Lipinski definition) is 1. The summed E-state index contributed by atoms with van der Waals surface area (Å²) >= 11 is 5.29. The van der Waals surface area contributed by atoms with E-state index < -0.39 is 0 Å². The minimum atomic E-state index is 0.564. The molecule has 0 fully saturated rings. The summed E-state index contributed by atoms with van der Waals surface area (Å²) in [6.45, 7) is 2.54. The summed E-state index contributed by atoms with van der Waals surface area (Å²) < 4.78 is 2.47. The highest BCUT2D eigenvalue weighted by Crippen LogP contribution is 2.15. The summed E-state index contributed by atoms with van der Waals surface area (Å²) in [4.78, 5) is 8.81. The molecule has 0 saturated heterocycles. The first-order valence-electron chi connectivity index (χ1n) is 6.23. The minimum Gasteiger partial charge on any atom is -0.293 e. The van der Waals surface area contributed by atoms with Gasteiger partial charge < -0.3 is 0 Å². The van der Waals surface area contributed by atoms with E-state index in [-0.39, 0.29) is 0 Å². The van der Waals surface area contributed by atoms with Gasteiger partial charge in [-0.15, -0.1) is 0 Å². The number of nitrogens with one attached hydrogen (secondary N) is 1. The van der Waals surface area contributed by atoms with Crippen LogP contribution in [-0.2, 0) is 6.54 Å². The molecule has 0 amide bonds. The number of aromatic nitrogens is 5. The van der Waals surface area contributed by atoms with Crippen molar-refractivity contribution in [3.05, 3.63) is 58.8 Å². The highest BCUT2D eigenvalue weighted by Gasteiger charge is 2.10. The Morgan fingerprint density at radius 2 is 2.10 bits per heavy atom. The third-order valence-corrected chi connectivity index (χ3v) is 3.23. The maximum absolute atomic E-state index is 5.29. The quantitative estimate of drug-likeness (QED) is 0.751. The van der Waals surface area contributed by atoms with Gasteiger partial charge in [0.2, 0.25) is 0 Å². The summed E-state index contributed by atoms with van der Waals surface area (Å²) in [6, 6.07) is 11.6. The van der Waals surface area contributed by atoms with Crippen molar-refractivity contribution in [2.24, 2.45) is 0 Å². The van der Waals surface area contributed by atoms with Gasteiger partial charge in [-0.1, -0.05) is 12.1 Å². The van der Waals surface area contributed by atoms with Crippen molar-refractivity contribution < 1.29 is 0 Å². The van der Waals surface area contributed by atoms with Crippen LogP contribution in [0.25, 0.3) is 11.5 Å². The van der Waals surface area contributed by atoms with Crippen molar-refractivity contribution in [2.45, 2.75) is 13.5 Å². The second kappa shape index (κ2) is 5.34. The molecule has 0 radical (unpaired) electrons. The number of H-pyrrole nitrogens is 1. The van der Waals surface area contributed by atoms with Crippen LogP contribution in [0, 0.1) is 11.7 Å². The van der Waals surface area contributed by atoms with E-state index in [1.807, 2.05) is 47.9 Å².